The number of hydrogen-bond acceptors (Lipinski definition) is 0. The minimum absolute atomic E-state index is 0. The Morgan fingerprint density at radius 1 is 0.441 bits per heavy atom. The van der Waals surface area contributed by atoms with Gasteiger partial charge in [-0.2, -0.15) is 0 Å². The van der Waals surface area contributed by atoms with E-state index in [1.54, 1.807) is 0 Å². The topological polar surface area (TPSA) is 0 Å². The van der Waals surface area contributed by atoms with Crippen LogP contribution in [0.5, 0.6) is 0 Å². The van der Waals surface area contributed by atoms with E-state index in [4.69, 9.17) is 0 Å². The van der Waals surface area contributed by atoms with Gasteiger partial charge >= 0.3 is 0 Å². The van der Waals surface area contributed by atoms with E-state index >= 15 is 0 Å². The van der Waals surface area contributed by atoms with Gasteiger partial charge in [-0.3, -0.25) is 0 Å². The molecule has 0 heteroatoms. The number of hydrogen-bond donors (Lipinski definition) is 0. The highest BCUT2D eigenvalue weighted by Gasteiger charge is 2.26. The van der Waals surface area contributed by atoms with E-state index in [1.165, 1.54) is 109 Å². The first kappa shape index (κ1) is 98.0. The van der Waals surface area contributed by atoms with Gasteiger partial charge in [0.2, 0.25) is 0 Å². The van der Waals surface area contributed by atoms with Crippen molar-refractivity contribution < 1.29 is 0 Å². The zero-order valence-electron chi connectivity index (χ0n) is 45.1. The highest BCUT2D eigenvalue weighted by atomic mass is 14.3. The van der Waals surface area contributed by atoms with Gasteiger partial charge < -0.3 is 0 Å². The van der Waals surface area contributed by atoms with Crippen LogP contribution < -0.4 is 0 Å². The van der Waals surface area contributed by atoms with Crippen molar-refractivity contribution in [3.63, 3.8) is 0 Å². The first-order valence-electron chi connectivity index (χ1n) is 25.0. The van der Waals surface area contributed by atoms with Crippen LogP contribution in [0.15, 0.2) is 0 Å². The summed E-state index contributed by atoms with van der Waals surface area (Å²) < 4.78 is 0. The van der Waals surface area contributed by atoms with Crippen LogP contribution in [0.2, 0.25) is 0 Å². The average Bonchev–Trinajstić information content (AvgIpc) is 4.01. The standard InChI is InChI=1S/3C5H10.4C5H12.C4H8.2C4H10.C3H8.2C2H6.5CH4/c1-4-3-5(4)2;1-5-3-2-4-5;1-2-5-3-4-5;1-5(2,3)4;2*1-4-5(2)3;1-3-5-4-2;1-4-2-3-4;1-4(2)3;1-3-4-2;1-3-2;2*1-2;;;;;/h4-5H,3H2,1-2H3;2*5H,2-4H2,1H3;1-4H3;2*5H,4H2,1-3H3;3-5H2,1-2H3;4H,2-3H2,1H3;4H,1-3H3;3-4H2,1-2H3;3H2,1-2H3;2*1-2H3;5*1H4. The lowest BCUT2D eigenvalue weighted by Crippen LogP contribution is -2.04. The molecular formula is C59H146. The Kier molecular flexibility index (Phi) is 142. The highest BCUT2D eigenvalue weighted by molar-refractivity contribution is 4.76. The van der Waals surface area contributed by atoms with Gasteiger partial charge in [0, 0.05) is 0 Å². The molecular weight excluding hydrogens is 709 g/mol. The van der Waals surface area contributed by atoms with Crippen LogP contribution in [-0.2, 0) is 0 Å². The predicted molar refractivity (Wildman–Crippen MR) is 301 cm³/mol. The summed E-state index contributed by atoms with van der Waals surface area (Å²) in [5, 5.41) is 0. The summed E-state index contributed by atoms with van der Waals surface area (Å²) in [5.41, 5.74) is 0.500. The lowest BCUT2D eigenvalue weighted by Gasteiger charge is -2.18. The molecule has 0 N–H and O–H groups in total. The van der Waals surface area contributed by atoms with Crippen molar-refractivity contribution in [3.8, 4) is 0 Å². The second-order valence-electron chi connectivity index (χ2n) is 19.2. The van der Waals surface area contributed by atoms with Crippen molar-refractivity contribution in [2.24, 2.45) is 52.8 Å². The van der Waals surface area contributed by atoms with Crippen molar-refractivity contribution in [2.45, 2.75) is 340 Å². The molecule has 0 nitrogen and oxygen atoms in total. The summed E-state index contributed by atoms with van der Waals surface area (Å²) in [6.07, 6.45) is 23.9. The third-order valence-electron chi connectivity index (χ3n) is 7.89. The van der Waals surface area contributed by atoms with Crippen molar-refractivity contribution >= 4 is 0 Å². The molecule has 0 aromatic carbocycles. The third-order valence-corrected chi connectivity index (χ3v) is 7.89. The molecule has 0 aliphatic heterocycles. The quantitative estimate of drug-likeness (QED) is 0.250. The smallest absolute Gasteiger partial charge is 0.0411 e. The molecule has 0 aromatic rings. The third kappa shape index (κ3) is 250. The lowest BCUT2D eigenvalue weighted by atomic mass is 9.88. The summed E-state index contributed by atoms with van der Waals surface area (Å²) in [5.74, 6) is 7.99. The van der Waals surface area contributed by atoms with Crippen LogP contribution in [0.25, 0.3) is 0 Å². The molecule has 0 spiro atoms. The van der Waals surface area contributed by atoms with Gasteiger partial charge in [-0.15, -0.1) is 0 Å². The molecule has 4 aliphatic rings. The molecule has 382 valence electrons. The van der Waals surface area contributed by atoms with Gasteiger partial charge in [0.1, 0.15) is 0 Å². The Hall–Kier alpha value is 0. The van der Waals surface area contributed by atoms with Crippen molar-refractivity contribution in [1.29, 1.82) is 0 Å². The van der Waals surface area contributed by atoms with Crippen molar-refractivity contribution in [3.05, 3.63) is 0 Å². The number of rotatable bonds is 6. The van der Waals surface area contributed by atoms with Crippen LogP contribution >= 0.6 is 0 Å². The van der Waals surface area contributed by atoms with Gasteiger partial charge in [0.25, 0.3) is 0 Å². The Morgan fingerprint density at radius 2 is 0.627 bits per heavy atom. The summed E-state index contributed by atoms with van der Waals surface area (Å²) in [4.78, 5) is 0. The van der Waals surface area contributed by atoms with E-state index in [0.29, 0.717) is 5.41 Å². The Labute approximate surface area is 391 Å². The molecule has 0 aromatic heterocycles. The second-order valence-corrected chi connectivity index (χ2v) is 19.2. The van der Waals surface area contributed by atoms with Crippen molar-refractivity contribution in [1.82, 2.24) is 0 Å². The molecule has 4 fully saturated rings. The zero-order chi connectivity index (χ0) is 45.1. The van der Waals surface area contributed by atoms with Crippen LogP contribution in [0.3, 0.4) is 0 Å². The Bertz CT molecular complexity index is 453. The molecule has 0 radical (unpaired) electrons. The molecule has 4 aliphatic carbocycles. The molecule has 0 bridgehead atoms. The van der Waals surface area contributed by atoms with E-state index in [0.717, 1.165) is 47.3 Å². The fraction of sp³-hybridized carbons (Fsp3) is 1.00. The van der Waals surface area contributed by atoms with E-state index in [-0.39, 0.29) is 37.1 Å². The van der Waals surface area contributed by atoms with E-state index in [1.807, 2.05) is 27.7 Å². The van der Waals surface area contributed by atoms with Crippen LogP contribution in [0, 0.1) is 52.8 Å². The second kappa shape index (κ2) is 85.3. The maximum atomic E-state index is 2.31. The monoisotopic (exact) mass is 855 g/mol. The fourth-order valence-electron chi connectivity index (χ4n) is 2.17. The van der Waals surface area contributed by atoms with Gasteiger partial charge in [0.15, 0.2) is 0 Å². The zero-order valence-corrected chi connectivity index (χ0v) is 45.1. The molecule has 0 amide bonds. The van der Waals surface area contributed by atoms with E-state index in [9.17, 15) is 0 Å². The normalized spacial score (nSPS) is 15.1. The van der Waals surface area contributed by atoms with E-state index in [2.05, 4.69) is 166 Å². The lowest BCUT2D eigenvalue weighted by molar-refractivity contribution is 0.346. The molecule has 2 unspecified atom stereocenters. The molecule has 4 saturated carbocycles. The van der Waals surface area contributed by atoms with Crippen molar-refractivity contribution in [2.75, 3.05) is 0 Å². The highest BCUT2D eigenvalue weighted by Crippen LogP contribution is 2.36. The first-order valence-corrected chi connectivity index (χ1v) is 25.0. The van der Waals surface area contributed by atoms with E-state index < -0.39 is 0 Å². The Morgan fingerprint density at radius 3 is 0.627 bits per heavy atom. The maximum absolute atomic E-state index is 2.31. The molecule has 4 rings (SSSR count). The molecule has 0 saturated heterocycles. The first-order chi connectivity index (χ1) is 25.0. The molecule has 59 heavy (non-hydrogen) atoms. The maximum Gasteiger partial charge on any atom is -0.0411 e. The van der Waals surface area contributed by atoms with Gasteiger partial charge in [-0.25, -0.2) is 0 Å². The molecule has 2 atom stereocenters. The largest absolute Gasteiger partial charge is 0.0776 e. The Balaban J connectivity index is -0.0000000310. The average molecular weight is 856 g/mol. The summed E-state index contributed by atoms with van der Waals surface area (Å²) >= 11 is 0. The SMILES string of the molecule is C.C.C.C.C.CC.CC.CC(C)(C)C.CC(C)C.CC1CC1.CC1CC1C.CC1CCC1.CCC.CCC(C)C.CCC(C)C.CCC1CC1.CCCC.CCCCC. The van der Waals surface area contributed by atoms with Gasteiger partial charge in [-0.1, -0.05) is 334 Å². The predicted octanol–water partition coefficient (Wildman–Crippen LogP) is 25.2. The fourth-order valence-corrected chi connectivity index (χ4v) is 2.17. The minimum atomic E-state index is 0. The summed E-state index contributed by atoms with van der Waals surface area (Å²) in [6, 6.07) is 0. The number of unbranched alkanes of at least 4 members (excludes halogenated alkanes) is 3. The van der Waals surface area contributed by atoms with Crippen LogP contribution in [0.1, 0.15) is 340 Å². The minimum Gasteiger partial charge on any atom is -0.0776 e. The van der Waals surface area contributed by atoms with Crippen LogP contribution in [0.4, 0.5) is 0 Å². The molecule has 0 heterocycles. The summed E-state index contributed by atoms with van der Waals surface area (Å²) in [6.45, 7) is 61.0. The summed E-state index contributed by atoms with van der Waals surface area (Å²) in [7, 11) is 0. The van der Waals surface area contributed by atoms with Crippen LogP contribution in [-0.4, -0.2) is 0 Å². The van der Waals surface area contributed by atoms with Gasteiger partial charge in [0.05, 0.1) is 0 Å². The van der Waals surface area contributed by atoms with Gasteiger partial charge in [-0.05, 0) is 59.2 Å².